The third-order valence-electron chi connectivity index (χ3n) is 3.95. The Balaban J connectivity index is 2.30. The number of rotatable bonds is 6. The molecule has 136 valence electrons. The van der Waals surface area contributed by atoms with Crippen molar-refractivity contribution in [1.29, 1.82) is 5.26 Å². The average molecular weight is 370 g/mol. The smallest absolute Gasteiger partial charge is 0.348 e. The van der Waals surface area contributed by atoms with E-state index in [2.05, 4.69) is 11.4 Å². The topological polar surface area (TPSA) is 79.2 Å². The van der Waals surface area contributed by atoms with Gasteiger partial charge in [0.2, 0.25) is 5.91 Å². The van der Waals surface area contributed by atoms with Crippen molar-refractivity contribution < 1.29 is 14.3 Å². The first kappa shape index (κ1) is 19.7. The summed E-state index contributed by atoms with van der Waals surface area (Å²) in [5, 5.41) is 12.7. The van der Waals surface area contributed by atoms with E-state index in [0.717, 1.165) is 16.9 Å². The summed E-state index contributed by atoms with van der Waals surface area (Å²) >= 11 is 1.08. The van der Waals surface area contributed by atoms with Gasteiger partial charge in [-0.15, -0.1) is 11.3 Å². The van der Waals surface area contributed by atoms with Crippen molar-refractivity contribution in [3.63, 3.8) is 0 Å². The zero-order valence-electron chi connectivity index (χ0n) is 15.3. The number of nitriles is 1. The third kappa shape index (κ3) is 4.30. The first-order valence-corrected chi connectivity index (χ1v) is 9.30. The Morgan fingerprint density at radius 2 is 1.92 bits per heavy atom. The fourth-order valence-electron chi connectivity index (χ4n) is 2.66. The zero-order valence-corrected chi connectivity index (χ0v) is 16.1. The van der Waals surface area contributed by atoms with Gasteiger partial charge in [-0.05, 0) is 38.3 Å². The highest BCUT2D eigenvalue weighted by Gasteiger charge is 2.25. The lowest BCUT2D eigenvalue weighted by Crippen LogP contribution is -2.20. The number of hydrogen-bond acceptors (Lipinski definition) is 5. The Morgan fingerprint density at radius 1 is 1.27 bits per heavy atom. The summed E-state index contributed by atoms with van der Waals surface area (Å²) in [7, 11) is 0. The van der Waals surface area contributed by atoms with Gasteiger partial charge in [0, 0.05) is 0 Å². The van der Waals surface area contributed by atoms with Gasteiger partial charge in [0.1, 0.15) is 15.9 Å². The summed E-state index contributed by atoms with van der Waals surface area (Å²) in [5.41, 5.74) is 1.76. The summed E-state index contributed by atoms with van der Waals surface area (Å²) < 4.78 is 5.22. The molecule has 0 saturated carbocycles. The van der Waals surface area contributed by atoms with Crippen molar-refractivity contribution in [2.24, 2.45) is 0 Å². The highest BCUT2D eigenvalue weighted by atomic mass is 32.1. The number of nitrogens with zero attached hydrogens (tertiary/aromatic N) is 1. The second kappa shape index (κ2) is 8.63. The van der Waals surface area contributed by atoms with Crippen molar-refractivity contribution in [2.45, 2.75) is 46.1 Å². The summed E-state index contributed by atoms with van der Waals surface area (Å²) in [6.07, 6.45) is 0.375. The Labute approximate surface area is 157 Å². The second-order valence-corrected chi connectivity index (χ2v) is 7.21. The molecule has 0 aliphatic carbocycles. The molecule has 5 nitrogen and oxygen atoms in total. The second-order valence-electron chi connectivity index (χ2n) is 6.19. The van der Waals surface area contributed by atoms with Crippen molar-refractivity contribution in [2.75, 3.05) is 5.32 Å². The van der Waals surface area contributed by atoms with Gasteiger partial charge in [-0.2, -0.15) is 5.26 Å². The predicted octanol–water partition coefficient (Wildman–Crippen LogP) is 4.63. The highest BCUT2D eigenvalue weighted by Crippen LogP contribution is 2.34. The summed E-state index contributed by atoms with van der Waals surface area (Å²) in [4.78, 5) is 25.3. The molecule has 0 bridgehead atoms. The summed E-state index contributed by atoms with van der Waals surface area (Å²) in [5.74, 6) is -0.994. The van der Waals surface area contributed by atoms with Gasteiger partial charge < -0.3 is 10.1 Å². The average Bonchev–Trinajstić information content (AvgIpc) is 2.91. The van der Waals surface area contributed by atoms with Crippen LogP contribution in [0.15, 0.2) is 30.3 Å². The van der Waals surface area contributed by atoms with E-state index >= 15 is 0 Å². The molecule has 1 aromatic carbocycles. The minimum Gasteiger partial charge on any atom is -0.459 e. The molecule has 26 heavy (non-hydrogen) atoms. The van der Waals surface area contributed by atoms with Crippen LogP contribution in [-0.4, -0.2) is 18.0 Å². The first-order chi connectivity index (χ1) is 12.4. The maximum atomic E-state index is 12.8. The number of nitrogens with one attached hydrogen (secondary N) is 1. The van der Waals surface area contributed by atoms with Crippen LogP contribution in [-0.2, 0) is 9.53 Å². The van der Waals surface area contributed by atoms with E-state index in [0.29, 0.717) is 27.4 Å². The molecule has 2 rings (SSSR count). The molecule has 0 radical (unpaired) electrons. The van der Waals surface area contributed by atoms with Crippen molar-refractivity contribution in [3.05, 3.63) is 51.9 Å². The molecule has 1 N–H and O–H groups in total. The van der Waals surface area contributed by atoms with Gasteiger partial charge in [-0.3, -0.25) is 4.79 Å². The van der Waals surface area contributed by atoms with Gasteiger partial charge in [-0.1, -0.05) is 37.3 Å². The Bertz CT molecular complexity index is 835. The standard InChI is InChI=1S/C20H22N2O3S/c1-5-15(14-9-7-6-8-10-14)18(23)22-19-16(11-21)13(4)17(26-19)20(24)25-12(2)3/h6-10,12,15H,5H2,1-4H3,(H,22,23). The molecule has 0 aliphatic heterocycles. The van der Waals surface area contributed by atoms with Crippen molar-refractivity contribution in [1.82, 2.24) is 0 Å². The number of anilines is 1. The van der Waals surface area contributed by atoms with Crippen LogP contribution < -0.4 is 5.32 Å². The number of benzene rings is 1. The van der Waals surface area contributed by atoms with E-state index in [1.807, 2.05) is 37.3 Å². The summed E-state index contributed by atoms with van der Waals surface area (Å²) in [6.45, 7) is 7.16. The molecule has 1 aromatic heterocycles. The maximum Gasteiger partial charge on any atom is 0.348 e. The van der Waals surface area contributed by atoms with E-state index in [1.165, 1.54) is 0 Å². The lowest BCUT2D eigenvalue weighted by molar-refractivity contribution is -0.117. The lowest BCUT2D eigenvalue weighted by atomic mass is 9.96. The number of ether oxygens (including phenoxy) is 1. The van der Waals surface area contributed by atoms with Gasteiger partial charge >= 0.3 is 5.97 Å². The van der Waals surface area contributed by atoms with Crippen LogP contribution >= 0.6 is 11.3 Å². The highest BCUT2D eigenvalue weighted by molar-refractivity contribution is 7.18. The number of esters is 1. The van der Waals surface area contributed by atoms with E-state index < -0.39 is 5.97 Å². The molecule has 1 unspecified atom stereocenters. The number of carbonyl (C=O) groups is 2. The van der Waals surface area contributed by atoms with Gasteiger partial charge in [0.25, 0.3) is 0 Å². The van der Waals surface area contributed by atoms with Gasteiger partial charge in [-0.25, -0.2) is 4.79 Å². The van der Waals surface area contributed by atoms with Gasteiger partial charge in [0.05, 0.1) is 17.6 Å². The zero-order chi connectivity index (χ0) is 19.3. The van der Waals surface area contributed by atoms with Crippen LogP contribution in [0.3, 0.4) is 0 Å². The fourth-order valence-corrected chi connectivity index (χ4v) is 3.70. The SMILES string of the molecule is CCC(C(=O)Nc1sc(C(=O)OC(C)C)c(C)c1C#N)c1ccccc1. The van der Waals surface area contributed by atoms with Crippen LogP contribution in [0.1, 0.15) is 59.5 Å². The monoisotopic (exact) mass is 370 g/mol. The molecule has 0 saturated heterocycles. The molecule has 2 aromatic rings. The molecule has 6 heteroatoms. The van der Waals surface area contributed by atoms with Crippen LogP contribution in [0.25, 0.3) is 0 Å². The van der Waals surface area contributed by atoms with E-state index in [4.69, 9.17) is 4.74 Å². The normalized spacial score (nSPS) is 11.7. The fraction of sp³-hybridized carbons (Fsp3) is 0.350. The minimum absolute atomic E-state index is 0.194. The maximum absolute atomic E-state index is 12.8. The number of thiophene rings is 1. The Morgan fingerprint density at radius 3 is 2.46 bits per heavy atom. The third-order valence-corrected chi connectivity index (χ3v) is 5.14. The summed E-state index contributed by atoms with van der Waals surface area (Å²) in [6, 6.07) is 11.6. The quantitative estimate of drug-likeness (QED) is 0.752. The molecule has 0 spiro atoms. The first-order valence-electron chi connectivity index (χ1n) is 8.49. The van der Waals surface area contributed by atoms with E-state index in [-0.39, 0.29) is 17.9 Å². The number of carbonyl (C=O) groups excluding carboxylic acids is 2. The molecule has 0 fully saturated rings. The van der Waals surface area contributed by atoms with Crippen LogP contribution in [0.5, 0.6) is 0 Å². The lowest BCUT2D eigenvalue weighted by Gasteiger charge is -2.14. The van der Waals surface area contributed by atoms with Crippen LogP contribution in [0.2, 0.25) is 0 Å². The van der Waals surface area contributed by atoms with Crippen molar-refractivity contribution in [3.8, 4) is 6.07 Å². The van der Waals surface area contributed by atoms with E-state index in [9.17, 15) is 14.9 Å². The molecular formula is C20H22N2O3S. The molecule has 0 aliphatic rings. The van der Waals surface area contributed by atoms with Gasteiger partial charge in [0.15, 0.2) is 0 Å². The van der Waals surface area contributed by atoms with Crippen molar-refractivity contribution >= 4 is 28.2 Å². The largest absolute Gasteiger partial charge is 0.459 e. The molecule has 1 heterocycles. The minimum atomic E-state index is -0.477. The number of amides is 1. The van der Waals surface area contributed by atoms with E-state index in [1.54, 1.807) is 20.8 Å². The van der Waals surface area contributed by atoms with Crippen LogP contribution in [0, 0.1) is 18.3 Å². The Kier molecular flexibility index (Phi) is 6.53. The van der Waals surface area contributed by atoms with Crippen LogP contribution in [0.4, 0.5) is 5.00 Å². The number of hydrogen-bond donors (Lipinski definition) is 1. The predicted molar refractivity (Wildman–Crippen MR) is 102 cm³/mol. The molecule has 1 amide bonds. The molecule has 1 atom stereocenters. The molecular weight excluding hydrogens is 348 g/mol. The Hall–Kier alpha value is -2.65.